The van der Waals surface area contributed by atoms with Crippen molar-refractivity contribution in [3.63, 3.8) is 0 Å². The molecule has 0 unspecified atom stereocenters. The first-order valence-corrected chi connectivity index (χ1v) is 5.69. The van der Waals surface area contributed by atoms with E-state index >= 15 is 0 Å². The molecule has 0 saturated heterocycles. The molecule has 17 heavy (non-hydrogen) atoms. The van der Waals surface area contributed by atoms with E-state index in [0.717, 1.165) is 0 Å². The molecular formula is C13H20O4. The molecule has 0 atom stereocenters. The van der Waals surface area contributed by atoms with E-state index in [4.69, 9.17) is 18.9 Å². The zero-order chi connectivity index (χ0) is 12.2. The minimum atomic E-state index is 0.313. The number of benzene rings is 1. The Morgan fingerprint density at radius 2 is 1.47 bits per heavy atom. The second-order valence-electron chi connectivity index (χ2n) is 3.47. The molecule has 0 aliphatic heterocycles. The minimum absolute atomic E-state index is 0.313. The van der Waals surface area contributed by atoms with Gasteiger partial charge in [-0.2, -0.15) is 0 Å². The number of hydrogen-bond acceptors (Lipinski definition) is 4. The normalized spacial score (nSPS) is 10.6. The third-order valence-electron chi connectivity index (χ3n) is 2.06. The highest BCUT2D eigenvalue weighted by Gasteiger charge is 1.92. The fourth-order valence-electron chi connectivity index (χ4n) is 1.24. The molecule has 0 spiro atoms. The molecule has 0 aliphatic rings. The van der Waals surface area contributed by atoms with Gasteiger partial charge in [-0.1, -0.05) is 30.3 Å². The summed E-state index contributed by atoms with van der Waals surface area (Å²) >= 11 is 0. The van der Waals surface area contributed by atoms with Gasteiger partial charge in [-0.3, -0.25) is 0 Å². The van der Waals surface area contributed by atoms with Gasteiger partial charge in [0.05, 0.1) is 33.0 Å². The second-order valence-corrected chi connectivity index (χ2v) is 3.47. The fraction of sp³-hybridized carbons (Fsp3) is 0.538. The maximum Gasteiger partial charge on any atom is 0.146 e. The summed E-state index contributed by atoms with van der Waals surface area (Å²) in [5, 5.41) is 0. The maximum atomic E-state index is 5.46. The monoisotopic (exact) mass is 240 g/mol. The van der Waals surface area contributed by atoms with Crippen molar-refractivity contribution >= 4 is 0 Å². The standard InChI is InChI=1S/C13H20O4/c1-14-12-17-10-8-15-7-9-16-11-13-5-3-2-4-6-13/h2-6H,7-12H2,1H3. The Hall–Kier alpha value is -0.940. The summed E-state index contributed by atoms with van der Waals surface area (Å²) in [6, 6.07) is 10.1. The third kappa shape index (κ3) is 7.88. The largest absolute Gasteiger partial charge is 0.377 e. The van der Waals surface area contributed by atoms with E-state index in [1.54, 1.807) is 7.11 Å². The van der Waals surface area contributed by atoms with E-state index in [9.17, 15) is 0 Å². The minimum Gasteiger partial charge on any atom is -0.377 e. The maximum absolute atomic E-state index is 5.46. The molecule has 0 aliphatic carbocycles. The van der Waals surface area contributed by atoms with Gasteiger partial charge in [0.1, 0.15) is 6.79 Å². The summed E-state index contributed by atoms with van der Waals surface area (Å²) in [6.45, 7) is 3.24. The number of hydrogen-bond donors (Lipinski definition) is 0. The first-order chi connectivity index (χ1) is 8.43. The lowest BCUT2D eigenvalue weighted by molar-refractivity contribution is -0.0558. The molecule has 1 aromatic rings. The molecule has 0 amide bonds. The lowest BCUT2D eigenvalue weighted by atomic mass is 10.2. The van der Waals surface area contributed by atoms with E-state index < -0.39 is 0 Å². The van der Waals surface area contributed by atoms with Crippen LogP contribution in [0.25, 0.3) is 0 Å². The van der Waals surface area contributed by atoms with E-state index in [1.165, 1.54) is 5.56 Å². The van der Waals surface area contributed by atoms with Crippen molar-refractivity contribution in [1.29, 1.82) is 0 Å². The average molecular weight is 240 g/mol. The van der Waals surface area contributed by atoms with Gasteiger partial charge < -0.3 is 18.9 Å². The Kier molecular flexibility index (Phi) is 8.50. The van der Waals surface area contributed by atoms with Gasteiger partial charge in [0, 0.05) is 7.11 Å². The number of ether oxygens (including phenoxy) is 4. The molecule has 0 saturated carbocycles. The van der Waals surface area contributed by atoms with Gasteiger partial charge in [-0.05, 0) is 5.56 Å². The summed E-state index contributed by atoms with van der Waals surface area (Å²) in [6.07, 6.45) is 0. The SMILES string of the molecule is COCOCCOCCOCc1ccccc1. The van der Waals surface area contributed by atoms with E-state index in [0.29, 0.717) is 39.8 Å². The highest BCUT2D eigenvalue weighted by molar-refractivity contribution is 5.13. The molecular weight excluding hydrogens is 220 g/mol. The van der Waals surface area contributed by atoms with Gasteiger partial charge in [-0.25, -0.2) is 0 Å². The van der Waals surface area contributed by atoms with Gasteiger partial charge in [-0.15, -0.1) is 0 Å². The van der Waals surface area contributed by atoms with Crippen molar-refractivity contribution in [2.45, 2.75) is 6.61 Å². The Morgan fingerprint density at radius 3 is 2.18 bits per heavy atom. The smallest absolute Gasteiger partial charge is 0.146 e. The van der Waals surface area contributed by atoms with Crippen LogP contribution < -0.4 is 0 Å². The molecule has 4 nitrogen and oxygen atoms in total. The Morgan fingerprint density at radius 1 is 0.824 bits per heavy atom. The zero-order valence-electron chi connectivity index (χ0n) is 10.3. The molecule has 0 radical (unpaired) electrons. The quantitative estimate of drug-likeness (QED) is 0.462. The fourth-order valence-corrected chi connectivity index (χ4v) is 1.24. The summed E-state index contributed by atoms with van der Waals surface area (Å²) in [5.74, 6) is 0. The van der Waals surface area contributed by atoms with Crippen molar-refractivity contribution < 1.29 is 18.9 Å². The first kappa shape index (κ1) is 14.1. The average Bonchev–Trinajstić information content (AvgIpc) is 2.38. The van der Waals surface area contributed by atoms with Gasteiger partial charge >= 0.3 is 0 Å². The van der Waals surface area contributed by atoms with Crippen molar-refractivity contribution in [3.05, 3.63) is 35.9 Å². The van der Waals surface area contributed by atoms with Crippen molar-refractivity contribution in [2.75, 3.05) is 40.3 Å². The summed E-state index contributed by atoms with van der Waals surface area (Å²) < 4.78 is 20.6. The molecule has 0 bridgehead atoms. The van der Waals surface area contributed by atoms with Crippen molar-refractivity contribution in [1.82, 2.24) is 0 Å². The van der Waals surface area contributed by atoms with E-state index in [2.05, 4.69) is 0 Å². The van der Waals surface area contributed by atoms with Crippen LogP contribution in [0.3, 0.4) is 0 Å². The predicted octanol–water partition coefficient (Wildman–Crippen LogP) is 1.84. The Bertz CT molecular complexity index is 263. The Labute approximate surface area is 102 Å². The zero-order valence-corrected chi connectivity index (χ0v) is 10.3. The summed E-state index contributed by atoms with van der Waals surface area (Å²) in [7, 11) is 1.60. The van der Waals surface area contributed by atoms with Gasteiger partial charge in [0.2, 0.25) is 0 Å². The van der Waals surface area contributed by atoms with Crippen LogP contribution in [0.5, 0.6) is 0 Å². The number of rotatable bonds is 10. The molecule has 0 heterocycles. The van der Waals surface area contributed by atoms with Gasteiger partial charge in [0.25, 0.3) is 0 Å². The third-order valence-corrected chi connectivity index (χ3v) is 2.06. The highest BCUT2D eigenvalue weighted by Crippen LogP contribution is 1.99. The van der Waals surface area contributed by atoms with Crippen LogP contribution >= 0.6 is 0 Å². The summed E-state index contributed by atoms with van der Waals surface area (Å²) in [4.78, 5) is 0. The molecule has 1 rings (SSSR count). The van der Waals surface area contributed by atoms with Crippen LogP contribution in [-0.2, 0) is 25.6 Å². The summed E-state index contributed by atoms with van der Waals surface area (Å²) in [5.41, 5.74) is 1.18. The number of methoxy groups -OCH3 is 1. The van der Waals surface area contributed by atoms with Crippen LogP contribution in [-0.4, -0.2) is 40.3 Å². The molecule has 96 valence electrons. The first-order valence-electron chi connectivity index (χ1n) is 5.69. The Balaban J connectivity index is 1.85. The lowest BCUT2D eigenvalue weighted by Gasteiger charge is -2.06. The second kappa shape index (κ2) is 10.2. The molecule has 0 aromatic heterocycles. The van der Waals surface area contributed by atoms with Crippen LogP contribution in [0, 0.1) is 0 Å². The topological polar surface area (TPSA) is 36.9 Å². The molecule has 0 N–H and O–H groups in total. The van der Waals surface area contributed by atoms with Crippen molar-refractivity contribution in [2.24, 2.45) is 0 Å². The van der Waals surface area contributed by atoms with Crippen molar-refractivity contribution in [3.8, 4) is 0 Å². The van der Waals surface area contributed by atoms with Crippen LogP contribution in [0.15, 0.2) is 30.3 Å². The van der Waals surface area contributed by atoms with E-state index in [1.807, 2.05) is 30.3 Å². The van der Waals surface area contributed by atoms with Crippen LogP contribution in [0.2, 0.25) is 0 Å². The van der Waals surface area contributed by atoms with E-state index in [-0.39, 0.29) is 0 Å². The molecule has 0 fully saturated rings. The van der Waals surface area contributed by atoms with Crippen LogP contribution in [0.4, 0.5) is 0 Å². The lowest BCUT2D eigenvalue weighted by Crippen LogP contribution is -2.10. The predicted molar refractivity (Wildman–Crippen MR) is 64.7 cm³/mol. The highest BCUT2D eigenvalue weighted by atomic mass is 16.7. The molecule has 1 aromatic carbocycles. The van der Waals surface area contributed by atoms with Gasteiger partial charge in [0.15, 0.2) is 0 Å². The van der Waals surface area contributed by atoms with Crippen LogP contribution in [0.1, 0.15) is 5.56 Å². The molecule has 4 heteroatoms.